The number of nitrogens with one attached hydrogen (secondary N) is 1. The van der Waals surface area contributed by atoms with E-state index in [0.717, 1.165) is 12.6 Å². The van der Waals surface area contributed by atoms with E-state index in [2.05, 4.69) is 20.9 Å². The minimum atomic E-state index is -0.562. The third-order valence-corrected chi connectivity index (χ3v) is 4.45. The fraction of sp³-hybridized carbons (Fsp3) is 0.0667. The first kappa shape index (κ1) is 15.4. The summed E-state index contributed by atoms with van der Waals surface area (Å²) in [5, 5.41) is 0.383. The molecule has 0 spiro atoms. The Morgan fingerprint density at radius 3 is 2.68 bits per heavy atom. The molecule has 4 nitrogen and oxygen atoms in total. The number of H-pyrrole nitrogens is 1. The van der Waals surface area contributed by atoms with Crippen LogP contribution in [0, 0.1) is 9.39 Å². The maximum Gasteiger partial charge on any atom is 0.329 e. The summed E-state index contributed by atoms with van der Waals surface area (Å²) in [7, 11) is 0. The zero-order chi connectivity index (χ0) is 15.9. The van der Waals surface area contributed by atoms with Gasteiger partial charge in [0, 0.05) is 13.6 Å². The summed E-state index contributed by atoms with van der Waals surface area (Å²) in [5.74, 6) is -0.436. The summed E-state index contributed by atoms with van der Waals surface area (Å²) in [6, 6.07) is 9.68. The lowest BCUT2D eigenvalue weighted by molar-refractivity contribution is 0.590. The Morgan fingerprint density at radius 1 is 1.18 bits per heavy atom. The summed E-state index contributed by atoms with van der Waals surface area (Å²) in [6.07, 6.45) is 0. The molecule has 7 heteroatoms. The van der Waals surface area contributed by atoms with E-state index in [1.54, 1.807) is 30.3 Å². The monoisotopic (exact) mass is 474 g/mol. The smallest absolute Gasteiger partial charge is 0.307 e. The lowest BCUT2D eigenvalue weighted by Crippen LogP contribution is -2.35. The maximum atomic E-state index is 13.9. The minimum Gasteiger partial charge on any atom is -0.307 e. The Bertz CT molecular complexity index is 997. The van der Waals surface area contributed by atoms with Gasteiger partial charge in [-0.3, -0.25) is 9.36 Å². The number of benzene rings is 2. The van der Waals surface area contributed by atoms with Crippen LogP contribution in [-0.2, 0) is 6.54 Å². The molecule has 1 heterocycles. The van der Waals surface area contributed by atoms with E-state index < -0.39 is 17.1 Å². The average molecular weight is 475 g/mol. The van der Waals surface area contributed by atoms with E-state index in [0.29, 0.717) is 16.5 Å². The first-order chi connectivity index (χ1) is 10.5. The van der Waals surface area contributed by atoms with Gasteiger partial charge < -0.3 is 4.98 Å². The molecule has 0 unspecified atom stereocenters. The number of nitrogens with zero attached hydrogens (tertiary/aromatic N) is 1. The van der Waals surface area contributed by atoms with Gasteiger partial charge in [0.15, 0.2) is 0 Å². The van der Waals surface area contributed by atoms with Crippen molar-refractivity contribution >= 4 is 49.4 Å². The second-order valence-electron chi connectivity index (χ2n) is 4.75. The molecule has 0 saturated carbocycles. The normalized spacial score (nSPS) is 11.0. The highest BCUT2D eigenvalue weighted by molar-refractivity contribution is 14.1. The Morgan fingerprint density at radius 2 is 1.95 bits per heavy atom. The standard InChI is InChI=1S/C15H9BrFIN2O2/c16-9-2-4-11-13(5-9)19-15(22)20(14(11)21)7-8-1-3-10(18)6-12(8)17/h1-6H,7H2,(H,19,22). The van der Waals surface area contributed by atoms with E-state index >= 15 is 0 Å². The predicted octanol–water partition coefficient (Wildman–Crippen LogP) is 3.24. The van der Waals surface area contributed by atoms with Crippen LogP contribution < -0.4 is 11.2 Å². The van der Waals surface area contributed by atoms with Crippen molar-refractivity contribution < 1.29 is 4.39 Å². The van der Waals surface area contributed by atoms with Gasteiger partial charge in [-0.05, 0) is 52.9 Å². The molecular weight excluding hydrogens is 466 g/mol. The highest BCUT2D eigenvalue weighted by atomic mass is 127. The van der Waals surface area contributed by atoms with E-state index in [-0.39, 0.29) is 6.54 Å². The first-order valence-electron chi connectivity index (χ1n) is 6.32. The second-order valence-corrected chi connectivity index (χ2v) is 6.91. The molecule has 3 aromatic rings. The van der Waals surface area contributed by atoms with E-state index in [1.807, 2.05) is 22.6 Å². The SMILES string of the molecule is O=c1[nH]c2cc(Br)ccc2c(=O)n1Cc1ccc(I)cc1F. The third kappa shape index (κ3) is 2.87. The lowest BCUT2D eigenvalue weighted by Gasteiger charge is -2.08. The van der Waals surface area contributed by atoms with Gasteiger partial charge in [0.2, 0.25) is 0 Å². The summed E-state index contributed by atoms with van der Waals surface area (Å²) >= 11 is 5.29. The molecule has 0 aliphatic rings. The molecule has 112 valence electrons. The molecule has 2 aromatic carbocycles. The molecular formula is C15H9BrFIN2O2. The Balaban J connectivity index is 2.17. The first-order valence-corrected chi connectivity index (χ1v) is 8.19. The Kier molecular flexibility index (Phi) is 4.18. The molecule has 0 aliphatic heterocycles. The molecule has 0 amide bonds. The van der Waals surface area contributed by atoms with Crippen molar-refractivity contribution in [2.45, 2.75) is 6.54 Å². The van der Waals surface area contributed by atoms with E-state index in [1.165, 1.54) is 6.07 Å². The van der Waals surface area contributed by atoms with Crippen LogP contribution in [-0.4, -0.2) is 9.55 Å². The summed E-state index contributed by atoms with van der Waals surface area (Å²) in [6.45, 7) is -0.108. The number of rotatable bonds is 2. The minimum absolute atomic E-state index is 0.108. The van der Waals surface area contributed by atoms with Crippen molar-refractivity contribution in [2.24, 2.45) is 0 Å². The number of aromatic amines is 1. The van der Waals surface area contributed by atoms with Crippen LogP contribution >= 0.6 is 38.5 Å². The summed E-state index contributed by atoms with van der Waals surface area (Å²) in [4.78, 5) is 27.2. The van der Waals surface area contributed by atoms with Crippen LogP contribution in [0.2, 0.25) is 0 Å². The molecule has 0 fully saturated rings. The van der Waals surface area contributed by atoms with Gasteiger partial charge >= 0.3 is 5.69 Å². The van der Waals surface area contributed by atoms with Crippen molar-refractivity contribution in [2.75, 3.05) is 0 Å². The van der Waals surface area contributed by atoms with E-state index in [9.17, 15) is 14.0 Å². The summed E-state index contributed by atoms with van der Waals surface area (Å²) < 4.78 is 16.4. The lowest BCUT2D eigenvalue weighted by atomic mass is 10.2. The van der Waals surface area contributed by atoms with Gasteiger partial charge in [-0.15, -0.1) is 0 Å². The average Bonchev–Trinajstić information content (AvgIpc) is 2.45. The molecule has 3 rings (SSSR count). The van der Waals surface area contributed by atoms with Crippen LogP contribution in [0.4, 0.5) is 4.39 Å². The zero-order valence-electron chi connectivity index (χ0n) is 11.1. The number of hydrogen-bond acceptors (Lipinski definition) is 2. The number of aromatic nitrogens is 2. The van der Waals surface area contributed by atoms with Crippen LogP contribution in [0.25, 0.3) is 10.9 Å². The fourth-order valence-electron chi connectivity index (χ4n) is 2.19. The van der Waals surface area contributed by atoms with Crippen LogP contribution in [0.3, 0.4) is 0 Å². The third-order valence-electron chi connectivity index (χ3n) is 3.29. The second kappa shape index (κ2) is 5.96. The molecule has 0 radical (unpaired) electrons. The van der Waals surface area contributed by atoms with Gasteiger partial charge in [-0.2, -0.15) is 0 Å². The molecule has 0 bridgehead atoms. The topological polar surface area (TPSA) is 54.9 Å². The van der Waals surface area contributed by atoms with Gasteiger partial charge in [0.05, 0.1) is 17.4 Å². The number of halogens is 3. The molecule has 1 aromatic heterocycles. The van der Waals surface area contributed by atoms with Crippen molar-refractivity contribution in [3.8, 4) is 0 Å². The quantitative estimate of drug-likeness (QED) is 0.580. The zero-order valence-corrected chi connectivity index (χ0v) is 14.8. The van der Waals surface area contributed by atoms with E-state index in [4.69, 9.17) is 0 Å². The maximum absolute atomic E-state index is 13.9. The van der Waals surface area contributed by atoms with Gasteiger partial charge in [-0.1, -0.05) is 22.0 Å². The van der Waals surface area contributed by atoms with Crippen LogP contribution in [0.5, 0.6) is 0 Å². The van der Waals surface area contributed by atoms with Crippen molar-refractivity contribution in [3.63, 3.8) is 0 Å². The van der Waals surface area contributed by atoms with Crippen molar-refractivity contribution in [1.82, 2.24) is 9.55 Å². The molecule has 22 heavy (non-hydrogen) atoms. The summed E-state index contributed by atoms with van der Waals surface area (Å²) in [5.41, 5.74) is -0.258. The molecule has 0 aliphatic carbocycles. The Hall–Kier alpha value is -1.48. The Labute approximate surface area is 146 Å². The van der Waals surface area contributed by atoms with Crippen molar-refractivity contribution in [3.05, 3.63) is 76.7 Å². The van der Waals surface area contributed by atoms with Crippen LogP contribution in [0.15, 0.2) is 50.5 Å². The molecule has 0 atom stereocenters. The van der Waals surface area contributed by atoms with Crippen molar-refractivity contribution in [1.29, 1.82) is 0 Å². The van der Waals surface area contributed by atoms with Gasteiger partial charge in [-0.25, -0.2) is 9.18 Å². The number of hydrogen-bond donors (Lipinski definition) is 1. The highest BCUT2D eigenvalue weighted by Gasteiger charge is 2.11. The van der Waals surface area contributed by atoms with Gasteiger partial charge in [0.1, 0.15) is 5.82 Å². The molecule has 1 N–H and O–H groups in total. The number of fused-ring (bicyclic) bond motifs is 1. The van der Waals surface area contributed by atoms with Crippen LogP contribution in [0.1, 0.15) is 5.56 Å². The highest BCUT2D eigenvalue weighted by Crippen LogP contribution is 2.15. The molecule has 0 saturated heterocycles. The predicted molar refractivity (Wildman–Crippen MR) is 94.7 cm³/mol. The van der Waals surface area contributed by atoms with Gasteiger partial charge in [0.25, 0.3) is 5.56 Å². The largest absolute Gasteiger partial charge is 0.329 e. The fourth-order valence-corrected chi connectivity index (χ4v) is 3.00.